The zero-order chi connectivity index (χ0) is 26.2. The van der Waals surface area contributed by atoms with Gasteiger partial charge in [-0.1, -0.05) is 50.2 Å². The molecule has 0 saturated heterocycles. The van der Waals surface area contributed by atoms with Crippen LogP contribution in [0.1, 0.15) is 34.6 Å². The molecule has 5 aromatic rings. The van der Waals surface area contributed by atoms with E-state index in [1.807, 2.05) is 48.5 Å². The molecule has 0 spiro atoms. The van der Waals surface area contributed by atoms with Gasteiger partial charge in [-0.3, -0.25) is 19.3 Å². The molecule has 186 valence electrons. The van der Waals surface area contributed by atoms with Gasteiger partial charge < -0.3 is 20.0 Å². The molecule has 3 amide bonds. The number of H-pyrrole nitrogens is 1. The molecule has 3 aromatic carbocycles. The van der Waals surface area contributed by atoms with Gasteiger partial charge in [0.15, 0.2) is 0 Å². The molecule has 0 bridgehead atoms. The van der Waals surface area contributed by atoms with E-state index in [2.05, 4.69) is 10.3 Å². The Bertz CT molecular complexity index is 1830. The minimum atomic E-state index is -1.10. The van der Waals surface area contributed by atoms with Gasteiger partial charge in [0.1, 0.15) is 12.6 Å². The van der Waals surface area contributed by atoms with E-state index in [0.29, 0.717) is 38.4 Å². The van der Waals surface area contributed by atoms with Gasteiger partial charge in [-0.2, -0.15) is 0 Å². The van der Waals surface area contributed by atoms with Crippen LogP contribution in [0.25, 0.3) is 43.6 Å². The average Bonchev–Trinajstić information content (AvgIpc) is 3.47. The van der Waals surface area contributed by atoms with Crippen molar-refractivity contribution in [3.63, 3.8) is 0 Å². The topological polar surface area (TPSA) is 124 Å². The Hall–Kier alpha value is -4.66. The number of rotatable bonds is 5. The van der Waals surface area contributed by atoms with E-state index in [0.717, 1.165) is 21.2 Å². The normalized spacial score (nSPS) is 14.4. The predicted molar refractivity (Wildman–Crippen MR) is 140 cm³/mol. The maximum atomic E-state index is 13.4. The number of imide groups is 1. The number of aliphatic carboxylic acids is 1. The summed E-state index contributed by atoms with van der Waals surface area (Å²) in [5.41, 5.74) is 3.44. The van der Waals surface area contributed by atoms with Crippen LogP contribution in [0.4, 0.5) is 0 Å². The summed E-state index contributed by atoms with van der Waals surface area (Å²) in [6.45, 7) is 3.30. The van der Waals surface area contributed by atoms with Crippen molar-refractivity contribution in [1.82, 2.24) is 19.8 Å². The van der Waals surface area contributed by atoms with Crippen molar-refractivity contribution >= 4 is 67.3 Å². The highest BCUT2D eigenvalue weighted by molar-refractivity contribution is 6.39. The monoisotopic (exact) mass is 496 g/mol. The number of benzene rings is 3. The van der Waals surface area contributed by atoms with Crippen molar-refractivity contribution in [3.8, 4) is 0 Å². The summed E-state index contributed by atoms with van der Waals surface area (Å²) in [7, 11) is 1.47. The number of fused-ring (bicyclic) bond motifs is 10. The minimum absolute atomic E-state index is 0.165. The van der Waals surface area contributed by atoms with Crippen molar-refractivity contribution in [1.29, 1.82) is 0 Å². The molecule has 0 aliphatic carbocycles. The molecule has 0 saturated carbocycles. The Labute approximate surface area is 210 Å². The van der Waals surface area contributed by atoms with Gasteiger partial charge in [0.05, 0.1) is 22.2 Å². The lowest BCUT2D eigenvalue weighted by atomic mass is 9.97. The lowest BCUT2D eigenvalue weighted by molar-refractivity contribution is -0.143. The van der Waals surface area contributed by atoms with E-state index in [4.69, 9.17) is 0 Å². The number of hydrogen-bond donors (Lipinski definition) is 3. The van der Waals surface area contributed by atoms with E-state index in [1.54, 1.807) is 18.4 Å². The number of para-hydroxylation sites is 2. The van der Waals surface area contributed by atoms with Gasteiger partial charge in [-0.25, -0.2) is 4.79 Å². The highest BCUT2D eigenvalue weighted by Crippen LogP contribution is 2.44. The molecule has 9 nitrogen and oxygen atoms in total. The molecule has 0 fully saturated rings. The quantitative estimate of drug-likeness (QED) is 0.319. The Morgan fingerprint density at radius 1 is 0.946 bits per heavy atom. The summed E-state index contributed by atoms with van der Waals surface area (Å²) in [5.74, 6) is -2.63. The van der Waals surface area contributed by atoms with Gasteiger partial charge in [-0.05, 0) is 18.1 Å². The number of carboxylic acids is 1. The molecule has 37 heavy (non-hydrogen) atoms. The molecule has 1 atom stereocenters. The fourth-order valence-electron chi connectivity index (χ4n) is 5.54. The molecule has 6 rings (SSSR count). The molecule has 2 aromatic heterocycles. The van der Waals surface area contributed by atoms with Crippen LogP contribution in [0.2, 0.25) is 0 Å². The van der Waals surface area contributed by atoms with E-state index in [9.17, 15) is 24.3 Å². The molecule has 1 unspecified atom stereocenters. The molecule has 9 heteroatoms. The highest BCUT2D eigenvalue weighted by atomic mass is 16.4. The summed E-state index contributed by atoms with van der Waals surface area (Å²) in [6.07, 6.45) is 0. The lowest BCUT2D eigenvalue weighted by Crippen LogP contribution is -2.45. The Kier molecular flexibility index (Phi) is 4.88. The molecule has 3 heterocycles. The zero-order valence-electron chi connectivity index (χ0n) is 20.5. The van der Waals surface area contributed by atoms with Crippen molar-refractivity contribution in [2.45, 2.75) is 26.4 Å². The van der Waals surface area contributed by atoms with E-state index in [-0.39, 0.29) is 18.4 Å². The Morgan fingerprint density at radius 2 is 1.57 bits per heavy atom. The van der Waals surface area contributed by atoms with Crippen LogP contribution in [0.5, 0.6) is 0 Å². The second-order valence-electron chi connectivity index (χ2n) is 9.79. The van der Waals surface area contributed by atoms with Crippen LogP contribution < -0.4 is 5.32 Å². The standard InChI is InChI=1S/C28H24N4O5/c1-13(2)23(28(36)37)30-18(33)12-32-17-11-7-5-9-15(17)20-22-21(26(34)31(3)27(22)35)19-14-8-4-6-10-16(14)29-24(19)25(20)32/h4-11,13,23,29H,12H2,1-3H3,(H,30,33)(H,36,37). The molecule has 1 aliphatic rings. The van der Waals surface area contributed by atoms with Gasteiger partial charge in [0.25, 0.3) is 11.8 Å². The SMILES string of the molecule is CC(C)C(NC(=O)Cn1c2ccccc2c2c3c(c4c5ccccc5[nH]c4c21)C(=O)N(C)C3=O)C(=O)O. The predicted octanol–water partition coefficient (Wildman–Crippen LogP) is 3.88. The highest BCUT2D eigenvalue weighted by Gasteiger charge is 2.39. The van der Waals surface area contributed by atoms with Gasteiger partial charge >= 0.3 is 5.97 Å². The summed E-state index contributed by atoms with van der Waals surface area (Å²) in [5, 5.41) is 15.0. The minimum Gasteiger partial charge on any atom is -0.480 e. The van der Waals surface area contributed by atoms with Crippen molar-refractivity contribution < 1.29 is 24.3 Å². The summed E-state index contributed by atoms with van der Waals surface area (Å²) >= 11 is 0. The number of carbonyl (C=O) groups excluding carboxylic acids is 3. The van der Waals surface area contributed by atoms with Crippen LogP contribution in [-0.4, -0.2) is 56.3 Å². The van der Waals surface area contributed by atoms with Crippen molar-refractivity contribution in [3.05, 3.63) is 59.7 Å². The molecule has 1 aliphatic heterocycles. The van der Waals surface area contributed by atoms with Crippen LogP contribution in [0, 0.1) is 5.92 Å². The number of amides is 3. The molecule has 0 radical (unpaired) electrons. The maximum Gasteiger partial charge on any atom is 0.326 e. The third-order valence-corrected chi connectivity index (χ3v) is 7.25. The maximum absolute atomic E-state index is 13.4. The van der Waals surface area contributed by atoms with E-state index < -0.39 is 23.8 Å². The summed E-state index contributed by atoms with van der Waals surface area (Å²) in [4.78, 5) is 56.2. The second-order valence-corrected chi connectivity index (χ2v) is 9.79. The largest absolute Gasteiger partial charge is 0.480 e. The van der Waals surface area contributed by atoms with Crippen LogP contribution >= 0.6 is 0 Å². The fourth-order valence-corrected chi connectivity index (χ4v) is 5.54. The number of carboxylic acid groups (broad SMARTS) is 1. The number of hydrogen-bond acceptors (Lipinski definition) is 4. The first-order valence-electron chi connectivity index (χ1n) is 12.0. The number of nitrogens with zero attached hydrogens (tertiary/aromatic N) is 2. The van der Waals surface area contributed by atoms with Crippen LogP contribution in [0.3, 0.4) is 0 Å². The van der Waals surface area contributed by atoms with Crippen LogP contribution in [-0.2, 0) is 16.1 Å². The molecule has 3 N–H and O–H groups in total. The molecular weight excluding hydrogens is 472 g/mol. The van der Waals surface area contributed by atoms with Gasteiger partial charge in [0, 0.05) is 39.6 Å². The first kappa shape index (κ1) is 22.8. The third kappa shape index (κ3) is 3.10. The van der Waals surface area contributed by atoms with Crippen molar-refractivity contribution in [2.75, 3.05) is 7.05 Å². The Morgan fingerprint density at radius 3 is 2.24 bits per heavy atom. The zero-order valence-corrected chi connectivity index (χ0v) is 20.5. The second kappa shape index (κ2) is 7.92. The van der Waals surface area contributed by atoms with E-state index >= 15 is 0 Å². The molecular formula is C28H24N4O5. The smallest absolute Gasteiger partial charge is 0.326 e. The summed E-state index contributed by atoms with van der Waals surface area (Å²) in [6, 6.07) is 13.9. The fraction of sp³-hybridized carbons (Fsp3) is 0.214. The first-order valence-corrected chi connectivity index (χ1v) is 12.0. The third-order valence-electron chi connectivity index (χ3n) is 7.25. The summed E-state index contributed by atoms with van der Waals surface area (Å²) < 4.78 is 1.80. The number of carbonyl (C=O) groups is 4. The average molecular weight is 497 g/mol. The van der Waals surface area contributed by atoms with Crippen molar-refractivity contribution in [2.24, 2.45) is 5.92 Å². The first-order chi connectivity index (χ1) is 17.7. The van der Waals surface area contributed by atoms with Gasteiger partial charge in [-0.15, -0.1) is 0 Å². The van der Waals surface area contributed by atoms with Gasteiger partial charge in [0.2, 0.25) is 5.91 Å². The Balaban J connectivity index is 1.71. The van der Waals surface area contributed by atoms with E-state index in [1.165, 1.54) is 7.05 Å². The number of nitrogens with one attached hydrogen (secondary N) is 2. The lowest BCUT2D eigenvalue weighted by Gasteiger charge is -2.18. The van der Waals surface area contributed by atoms with Crippen LogP contribution in [0.15, 0.2) is 48.5 Å². The number of aromatic nitrogens is 2. The number of aromatic amines is 1.